The molecule has 2 nitrogen and oxygen atoms in total. The molecule has 0 atom stereocenters. The smallest absolute Gasteiger partial charge is 0.429 e. The second-order valence-electron chi connectivity index (χ2n) is 10.6. The van der Waals surface area contributed by atoms with E-state index in [-0.39, 0.29) is 16.7 Å². The van der Waals surface area contributed by atoms with Gasteiger partial charge in [-0.15, -0.1) is 0 Å². The molecule has 45 heavy (non-hydrogen) atoms. The van der Waals surface area contributed by atoms with E-state index in [1.165, 1.54) is 18.2 Å². The molecule has 0 saturated heterocycles. The maximum atomic E-state index is 15.1. The Bertz CT molecular complexity index is 1840. The number of rotatable bonds is 10. The van der Waals surface area contributed by atoms with Gasteiger partial charge in [0, 0.05) is 11.6 Å². The largest absolute Gasteiger partial charge is 0.432 e. The fourth-order valence-electron chi connectivity index (χ4n) is 5.08. The molecule has 0 radical (unpaired) electrons. The van der Waals surface area contributed by atoms with Crippen molar-refractivity contribution >= 4 is 0 Å². The first-order chi connectivity index (χ1) is 21.6. The van der Waals surface area contributed by atoms with E-state index in [4.69, 9.17) is 5.26 Å². The van der Waals surface area contributed by atoms with Crippen LogP contribution in [-0.4, -0.2) is 0 Å². The second-order valence-corrected chi connectivity index (χ2v) is 10.6. The molecule has 5 aromatic rings. The predicted molar refractivity (Wildman–Crippen MR) is 161 cm³/mol. The van der Waals surface area contributed by atoms with Crippen LogP contribution in [0.15, 0.2) is 97.1 Å². The summed E-state index contributed by atoms with van der Waals surface area (Å²) in [6.07, 6.45) is -0.379. The van der Waals surface area contributed by atoms with Crippen molar-refractivity contribution in [3.8, 4) is 45.2 Å². The second kappa shape index (κ2) is 13.3. The molecule has 0 heterocycles. The van der Waals surface area contributed by atoms with Gasteiger partial charge in [0.2, 0.25) is 0 Å². The number of benzene rings is 5. The monoisotopic (exact) mass is 615 g/mol. The number of halogens is 6. The molecule has 0 bridgehead atoms. The van der Waals surface area contributed by atoms with Gasteiger partial charge < -0.3 is 4.74 Å². The summed E-state index contributed by atoms with van der Waals surface area (Å²) >= 11 is 0. The minimum atomic E-state index is -4.44. The zero-order valence-corrected chi connectivity index (χ0v) is 24.2. The molecule has 0 spiro atoms. The summed E-state index contributed by atoms with van der Waals surface area (Å²) in [6.45, 7) is 2.10. The third-order valence-electron chi connectivity index (χ3n) is 7.49. The van der Waals surface area contributed by atoms with Crippen molar-refractivity contribution in [3.63, 3.8) is 0 Å². The van der Waals surface area contributed by atoms with E-state index in [0.29, 0.717) is 28.3 Å². The van der Waals surface area contributed by atoms with Crippen LogP contribution in [0, 0.1) is 34.6 Å². The van der Waals surface area contributed by atoms with Gasteiger partial charge in [-0.05, 0) is 82.6 Å². The summed E-state index contributed by atoms with van der Waals surface area (Å²) in [7, 11) is 0. The summed E-state index contributed by atoms with van der Waals surface area (Å²) < 4.78 is 93.7. The lowest BCUT2D eigenvalue weighted by atomic mass is 9.99. The maximum Gasteiger partial charge on any atom is 0.432 e. The molecule has 0 N–H and O–H groups in total. The van der Waals surface area contributed by atoms with Gasteiger partial charge >= 0.3 is 6.11 Å². The van der Waals surface area contributed by atoms with Crippen LogP contribution in [0.4, 0.5) is 26.3 Å². The van der Waals surface area contributed by atoms with E-state index < -0.39 is 40.7 Å². The van der Waals surface area contributed by atoms with Crippen molar-refractivity contribution in [1.82, 2.24) is 0 Å². The van der Waals surface area contributed by atoms with Crippen LogP contribution in [0.5, 0.6) is 5.75 Å². The number of nitriles is 1. The van der Waals surface area contributed by atoms with Crippen LogP contribution in [0.25, 0.3) is 33.4 Å². The van der Waals surface area contributed by atoms with Crippen molar-refractivity contribution in [2.75, 3.05) is 0 Å². The Labute approximate surface area is 257 Å². The van der Waals surface area contributed by atoms with Crippen LogP contribution in [0.3, 0.4) is 0 Å². The molecular weight excluding hydrogens is 588 g/mol. The van der Waals surface area contributed by atoms with Crippen LogP contribution in [-0.2, 0) is 12.5 Å². The quantitative estimate of drug-likeness (QED) is 0.116. The van der Waals surface area contributed by atoms with Crippen LogP contribution >= 0.6 is 0 Å². The molecule has 0 aliphatic carbocycles. The molecule has 0 fully saturated rings. The Morgan fingerprint density at radius 3 is 1.80 bits per heavy atom. The zero-order chi connectivity index (χ0) is 32.1. The summed E-state index contributed by atoms with van der Waals surface area (Å²) in [5.74, 6) is -5.21. The third kappa shape index (κ3) is 7.04. The van der Waals surface area contributed by atoms with Crippen molar-refractivity contribution in [2.45, 2.75) is 38.7 Å². The molecule has 0 aliphatic rings. The van der Waals surface area contributed by atoms with Gasteiger partial charge in [0.25, 0.3) is 0 Å². The topological polar surface area (TPSA) is 33.0 Å². The SMILES string of the molecule is CCCCCc1ccc(-c2cc(F)c(C(F)(F)Oc3ccc(-c4ccc(-c5ccc(C#N)c(F)c5)cc4)c(F)c3)c(F)c2)cc1. The molecule has 5 aromatic carbocycles. The number of hydrogen-bond acceptors (Lipinski definition) is 2. The molecule has 5 rings (SSSR count). The van der Waals surface area contributed by atoms with Gasteiger partial charge in [0.15, 0.2) is 0 Å². The highest BCUT2D eigenvalue weighted by Crippen LogP contribution is 2.38. The summed E-state index contributed by atoms with van der Waals surface area (Å²) in [4.78, 5) is 0. The fourth-order valence-corrected chi connectivity index (χ4v) is 5.08. The first-order valence-electron chi connectivity index (χ1n) is 14.3. The average Bonchev–Trinajstić information content (AvgIpc) is 3.01. The highest BCUT2D eigenvalue weighted by molar-refractivity contribution is 5.71. The third-order valence-corrected chi connectivity index (χ3v) is 7.49. The summed E-state index contributed by atoms with van der Waals surface area (Å²) in [5.41, 5.74) is 1.52. The summed E-state index contributed by atoms with van der Waals surface area (Å²) in [5, 5.41) is 8.90. The molecule has 0 aromatic heterocycles. The fraction of sp³-hybridized carbons (Fsp3) is 0.162. The first kappa shape index (κ1) is 31.4. The number of unbranched alkanes of at least 4 members (excludes halogenated alkanes) is 2. The first-order valence-corrected chi connectivity index (χ1v) is 14.3. The van der Waals surface area contributed by atoms with Gasteiger partial charge in [-0.1, -0.05) is 74.4 Å². The molecule has 0 aliphatic heterocycles. The zero-order valence-electron chi connectivity index (χ0n) is 24.2. The predicted octanol–water partition coefficient (Wildman–Crippen LogP) is 11.0. The number of alkyl halides is 2. The Balaban J connectivity index is 1.32. The Morgan fingerprint density at radius 1 is 0.622 bits per heavy atom. The Morgan fingerprint density at radius 2 is 1.20 bits per heavy atom. The van der Waals surface area contributed by atoms with Crippen LogP contribution < -0.4 is 4.74 Å². The normalized spacial score (nSPS) is 11.3. The number of nitrogens with zero attached hydrogens (tertiary/aromatic N) is 1. The Kier molecular flexibility index (Phi) is 9.29. The van der Waals surface area contributed by atoms with E-state index in [1.807, 2.05) is 12.1 Å². The molecule has 0 saturated carbocycles. The van der Waals surface area contributed by atoms with Gasteiger partial charge in [0.05, 0.1) is 5.56 Å². The molecule has 0 amide bonds. The van der Waals surface area contributed by atoms with Crippen molar-refractivity contribution in [3.05, 3.63) is 137 Å². The minimum Gasteiger partial charge on any atom is -0.429 e. The van der Waals surface area contributed by atoms with Gasteiger partial charge in [-0.3, -0.25) is 0 Å². The van der Waals surface area contributed by atoms with Crippen molar-refractivity contribution < 1.29 is 31.1 Å². The lowest BCUT2D eigenvalue weighted by Crippen LogP contribution is -2.25. The van der Waals surface area contributed by atoms with Crippen molar-refractivity contribution in [1.29, 1.82) is 5.26 Å². The molecule has 228 valence electrons. The summed E-state index contributed by atoms with van der Waals surface area (Å²) in [6, 6.07) is 23.9. The van der Waals surface area contributed by atoms with Gasteiger partial charge in [0.1, 0.15) is 40.7 Å². The molecule has 0 unspecified atom stereocenters. The van der Waals surface area contributed by atoms with E-state index >= 15 is 13.2 Å². The highest BCUT2D eigenvalue weighted by Gasteiger charge is 2.41. The van der Waals surface area contributed by atoms with E-state index in [9.17, 15) is 13.2 Å². The van der Waals surface area contributed by atoms with E-state index in [2.05, 4.69) is 11.7 Å². The maximum absolute atomic E-state index is 15.1. The Hall–Kier alpha value is -5.03. The van der Waals surface area contributed by atoms with E-state index in [0.717, 1.165) is 49.4 Å². The van der Waals surface area contributed by atoms with Gasteiger partial charge in [-0.2, -0.15) is 14.0 Å². The molecular formula is C37H27F6NO. The number of ether oxygens (including phenoxy) is 1. The average molecular weight is 616 g/mol. The number of aryl methyl sites for hydroxylation is 1. The lowest BCUT2D eigenvalue weighted by Gasteiger charge is -2.20. The van der Waals surface area contributed by atoms with Crippen molar-refractivity contribution in [2.24, 2.45) is 0 Å². The number of hydrogen-bond donors (Lipinski definition) is 0. The van der Waals surface area contributed by atoms with Crippen LogP contribution in [0.2, 0.25) is 0 Å². The minimum absolute atomic E-state index is 0.0568. The highest BCUT2D eigenvalue weighted by atomic mass is 19.3. The lowest BCUT2D eigenvalue weighted by molar-refractivity contribution is -0.189. The molecule has 8 heteroatoms. The van der Waals surface area contributed by atoms with Crippen LogP contribution in [0.1, 0.15) is 42.9 Å². The van der Waals surface area contributed by atoms with E-state index in [1.54, 1.807) is 48.5 Å². The standard InChI is InChI=1S/C37H27F6NO/c1-2-3-4-5-23-6-8-25(9-7-23)29-19-34(40)36(35(41)20-29)37(42,43)45-30-16-17-31(33(39)21-30)26-12-10-24(11-13-26)27-14-15-28(22-44)32(38)18-27/h6-21H,2-5H2,1H3. The van der Waals surface area contributed by atoms with Gasteiger partial charge in [-0.25, -0.2) is 17.6 Å².